The predicted molar refractivity (Wildman–Crippen MR) is 125 cm³/mol. The Bertz CT molecular complexity index is 868. The summed E-state index contributed by atoms with van der Waals surface area (Å²) in [5.74, 6) is 4.65. The summed E-state index contributed by atoms with van der Waals surface area (Å²) >= 11 is 0. The molecule has 3 heteroatoms. The Hall–Kier alpha value is -2.00. The molecule has 0 aliphatic heterocycles. The zero-order chi connectivity index (χ0) is 21.4. The number of methoxy groups -OCH3 is 1. The molecular formula is C28H37NO2. The van der Waals surface area contributed by atoms with E-state index in [1.807, 2.05) is 6.07 Å². The maximum absolute atomic E-state index is 6.30. The Balaban J connectivity index is 1.28. The van der Waals surface area contributed by atoms with Crippen molar-refractivity contribution >= 4 is 0 Å². The minimum absolute atomic E-state index is 0.510. The van der Waals surface area contributed by atoms with Gasteiger partial charge in [-0.3, -0.25) is 0 Å². The van der Waals surface area contributed by atoms with Gasteiger partial charge < -0.3 is 14.8 Å². The Kier molecular flexibility index (Phi) is 5.73. The fourth-order valence-corrected chi connectivity index (χ4v) is 7.05. The fourth-order valence-electron chi connectivity index (χ4n) is 7.05. The van der Waals surface area contributed by atoms with E-state index in [1.165, 1.54) is 55.2 Å². The normalized spacial score (nSPS) is 29.7. The molecule has 4 saturated carbocycles. The van der Waals surface area contributed by atoms with Crippen molar-refractivity contribution in [3.8, 4) is 11.5 Å². The van der Waals surface area contributed by atoms with Gasteiger partial charge in [0.25, 0.3) is 0 Å². The van der Waals surface area contributed by atoms with Crippen LogP contribution in [0, 0.1) is 30.1 Å². The summed E-state index contributed by atoms with van der Waals surface area (Å²) in [7, 11) is 1.73. The first-order valence-electron chi connectivity index (χ1n) is 12.1. The Morgan fingerprint density at radius 1 is 0.968 bits per heavy atom. The number of rotatable bonds is 8. The second kappa shape index (κ2) is 8.50. The molecule has 2 aromatic carbocycles. The van der Waals surface area contributed by atoms with Crippen molar-refractivity contribution in [3.05, 3.63) is 59.2 Å². The first kappa shape index (κ1) is 20.9. The molecule has 0 aromatic heterocycles. The van der Waals surface area contributed by atoms with Crippen LogP contribution < -0.4 is 14.8 Å². The molecular weight excluding hydrogens is 382 g/mol. The molecule has 1 unspecified atom stereocenters. The maximum atomic E-state index is 6.30. The lowest BCUT2D eigenvalue weighted by Crippen LogP contribution is -2.54. The summed E-state index contributed by atoms with van der Waals surface area (Å²) in [6.07, 6.45) is 8.79. The first-order chi connectivity index (χ1) is 15.0. The molecule has 166 valence electrons. The molecule has 0 saturated heterocycles. The third kappa shape index (κ3) is 4.22. The SMILES string of the molecule is COc1cccc(CNC(C)C23CC4CC(CC(C4)C2)C3)c1OCc1ccc(C)cc1. The van der Waals surface area contributed by atoms with E-state index in [0.717, 1.165) is 35.8 Å². The summed E-state index contributed by atoms with van der Waals surface area (Å²) in [6.45, 7) is 5.92. The molecule has 2 aromatic rings. The van der Waals surface area contributed by atoms with E-state index in [1.54, 1.807) is 7.11 Å². The first-order valence-corrected chi connectivity index (χ1v) is 12.1. The molecule has 0 spiro atoms. The largest absolute Gasteiger partial charge is 0.493 e. The number of nitrogens with one attached hydrogen (secondary N) is 1. The van der Waals surface area contributed by atoms with E-state index < -0.39 is 0 Å². The van der Waals surface area contributed by atoms with E-state index in [4.69, 9.17) is 9.47 Å². The molecule has 3 nitrogen and oxygen atoms in total. The molecule has 31 heavy (non-hydrogen) atoms. The van der Waals surface area contributed by atoms with Crippen molar-refractivity contribution in [2.75, 3.05) is 7.11 Å². The molecule has 4 fully saturated rings. The molecule has 4 aliphatic rings. The van der Waals surface area contributed by atoms with E-state index in [0.29, 0.717) is 18.1 Å². The lowest BCUT2D eigenvalue weighted by molar-refractivity contribution is -0.0706. The molecule has 4 bridgehead atoms. The summed E-state index contributed by atoms with van der Waals surface area (Å²) in [6, 6.07) is 15.3. The minimum Gasteiger partial charge on any atom is -0.493 e. The van der Waals surface area contributed by atoms with Crippen LogP contribution in [0.2, 0.25) is 0 Å². The topological polar surface area (TPSA) is 30.5 Å². The van der Waals surface area contributed by atoms with E-state index >= 15 is 0 Å². The number of benzene rings is 2. The van der Waals surface area contributed by atoms with Crippen molar-refractivity contribution in [2.24, 2.45) is 23.2 Å². The highest BCUT2D eigenvalue weighted by atomic mass is 16.5. The smallest absolute Gasteiger partial charge is 0.166 e. The van der Waals surface area contributed by atoms with Gasteiger partial charge in [-0.15, -0.1) is 0 Å². The van der Waals surface area contributed by atoms with Gasteiger partial charge in [0.2, 0.25) is 0 Å². The maximum Gasteiger partial charge on any atom is 0.166 e. The number of ether oxygens (including phenoxy) is 2. The van der Waals surface area contributed by atoms with Crippen LogP contribution in [0.4, 0.5) is 0 Å². The van der Waals surface area contributed by atoms with Gasteiger partial charge in [-0.2, -0.15) is 0 Å². The lowest BCUT2D eigenvalue weighted by atomic mass is 9.48. The van der Waals surface area contributed by atoms with Gasteiger partial charge in [-0.05, 0) is 87.2 Å². The van der Waals surface area contributed by atoms with Gasteiger partial charge in [-0.25, -0.2) is 0 Å². The molecule has 1 N–H and O–H groups in total. The summed E-state index contributed by atoms with van der Waals surface area (Å²) in [4.78, 5) is 0. The van der Waals surface area contributed by atoms with Crippen molar-refractivity contribution in [3.63, 3.8) is 0 Å². The molecule has 0 radical (unpaired) electrons. The number of para-hydroxylation sites is 1. The fraction of sp³-hybridized carbons (Fsp3) is 0.571. The van der Waals surface area contributed by atoms with Crippen LogP contribution in [-0.2, 0) is 13.2 Å². The van der Waals surface area contributed by atoms with Crippen molar-refractivity contribution < 1.29 is 9.47 Å². The van der Waals surface area contributed by atoms with Crippen LogP contribution in [0.15, 0.2) is 42.5 Å². The molecule has 1 atom stereocenters. The highest BCUT2D eigenvalue weighted by Crippen LogP contribution is 2.61. The average molecular weight is 420 g/mol. The van der Waals surface area contributed by atoms with Gasteiger partial charge in [0, 0.05) is 18.2 Å². The van der Waals surface area contributed by atoms with Gasteiger partial charge in [0.1, 0.15) is 6.61 Å². The van der Waals surface area contributed by atoms with E-state index in [2.05, 4.69) is 55.6 Å². The number of hydrogen-bond acceptors (Lipinski definition) is 3. The minimum atomic E-state index is 0.510. The standard InChI is InChI=1S/C28H37NO2/c1-19-7-9-21(10-8-19)18-31-27-25(5-4-6-26(27)30-3)17-29-20(2)28-14-22-11-23(15-28)13-24(12-22)16-28/h4-10,20,22-24,29H,11-18H2,1-3H3. The predicted octanol–water partition coefficient (Wildman–Crippen LogP) is 6.28. The quantitative estimate of drug-likeness (QED) is 0.546. The summed E-state index contributed by atoms with van der Waals surface area (Å²) in [5, 5.41) is 3.92. The second-order valence-electron chi connectivity index (χ2n) is 10.6. The molecule has 6 rings (SSSR count). The van der Waals surface area contributed by atoms with Crippen molar-refractivity contribution in [1.82, 2.24) is 5.32 Å². The van der Waals surface area contributed by atoms with Crippen molar-refractivity contribution in [2.45, 2.75) is 71.6 Å². The van der Waals surface area contributed by atoms with E-state index in [-0.39, 0.29) is 0 Å². The van der Waals surface area contributed by atoms with Crippen LogP contribution in [0.3, 0.4) is 0 Å². The second-order valence-corrected chi connectivity index (χ2v) is 10.6. The Labute approximate surface area is 187 Å². The summed E-state index contributed by atoms with van der Waals surface area (Å²) < 4.78 is 11.9. The Morgan fingerprint density at radius 2 is 1.61 bits per heavy atom. The zero-order valence-electron chi connectivity index (χ0n) is 19.3. The van der Waals surface area contributed by atoms with Crippen LogP contribution in [-0.4, -0.2) is 13.2 Å². The number of aryl methyl sites for hydroxylation is 1. The van der Waals surface area contributed by atoms with Gasteiger partial charge >= 0.3 is 0 Å². The monoisotopic (exact) mass is 419 g/mol. The highest BCUT2D eigenvalue weighted by Gasteiger charge is 2.52. The van der Waals surface area contributed by atoms with Gasteiger partial charge in [0.05, 0.1) is 7.11 Å². The lowest BCUT2D eigenvalue weighted by Gasteiger charge is -2.59. The van der Waals surface area contributed by atoms with Crippen LogP contribution in [0.5, 0.6) is 11.5 Å². The van der Waals surface area contributed by atoms with Crippen LogP contribution >= 0.6 is 0 Å². The van der Waals surface area contributed by atoms with Crippen molar-refractivity contribution in [1.29, 1.82) is 0 Å². The van der Waals surface area contributed by atoms with Gasteiger partial charge in [-0.1, -0.05) is 42.0 Å². The zero-order valence-corrected chi connectivity index (χ0v) is 19.3. The molecule has 0 amide bonds. The Morgan fingerprint density at radius 3 is 2.23 bits per heavy atom. The molecule has 4 aliphatic carbocycles. The van der Waals surface area contributed by atoms with Crippen LogP contribution in [0.25, 0.3) is 0 Å². The third-order valence-electron chi connectivity index (χ3n) is 8.39. The van der Waals surface area contributed by atoms with Crippen LogP contribution in [0.1, 0.15) is 62.1 Å². The molecule has 0 heterocycles. The van der Waals surface area contributed by atoms with Gasteiger partial charge in [0.15, 0.2) is 11.5 Å². The average Bonchev–Trinajstić information content (AvgIpc) is 2.76. The third-order valence-corrected chi connectivity index (χ3v) is 8.39. The number of hydrogen-bond donors (Lipinski definition) is 1. The highest BCUT2D eigenvalue weighted by molar-refractivity contribution is 5.46. The summed E-state index contributed by atoms with van der Waals surface area (Å²) in [5.41, 5.74) is 4.14. The van der Waals surface area contributed by atoms with E-state index in [9.17, 15) is 0 Å².